The predicted octanol–water partition coefficient (Wildman–Crippen LogP) is 2.62. The van der Waals surface area contributed by atoms with Crippen molar-refractivity contribution in [2.24, 2.45) is 0 Å². The number of nitrogens with one attached hydrogen (secondary N) is 1. The Hall–Kier alpha value is -0.950. The average molecular weight is 338 g/mol. The topological polar surface area (TPSA) is 64.6 Å². The van der Waals surface area contributed by atoms with Crippen LogP contribution in [0, 0.1) is 0 Å². The van der Waals surface area contributed by atoms with Gasteiger partial charge in [-0.25, -0.2) is 8.42 Å². The molecule has 0 bridgehead atoms. The predicted molar refractivity (Wildman–Crippen MR) is 74.9 cm³/mol. The van der Waals surface area contributed by atoms with Crippen molar-refractivity contribution in [1.29, 1.82) is 0 Å². The van der Waals surface area contributed by atoms with Crippen molar-refractivity contribution in [2.45, 2.75) is 13.3 Å². The quantitative estimate of drug-likeness (QED) is 0.866. The van der Waals surface area contributed by atoms with Gasteiger partial charge in [0.15, 0.2) is 11.5 Å². The maximum absolute atomic E-state index is 11.8. The molecular weight excluding hydrogens is 322 g/mol. The SMILES string of the molecule is CCCS(=O)(=O)Nc1cc(Br)cc(OC)c1OC. The van der Waals surface area contributed by atoms with Crippen LogP contribution in [0.4, 0.5) is 5.69 Å². The molecule has 0 unspecified atom stereocenters. The van der Waals surface area contributed by atoms with E-state index in [2.05, 4.69) is 20.7 Å². The van der Waals surface area contributed by atoms with E-state index in [0.29, 0.717) is 28.1 Å². The Labute approximate surface area is 116 Å². The molecule has 18 heavy (non-hydrogen) atoms. The van der Waals surface area contributed by atoms with Gasteiger partial charge in [0.25, 0.3) is 0 Å². The first-order valence-electron chi connectivity index (χ1n) is 5.35. The van der Waals surface area contributed by atoms with Gasteiger partial charge < -0.3 is 9.47 Å². The lowest BCUT2D eigenvalue weighted by molar-refractivity contribution is 0.356. The number of sulfonamides is 1. The van der Waals surface area contributed by atoms with Gasteiger partial charge in [0, 0.05) is 4.47 Å². The largest absolute Gasteiger partial charge is 0.493 e. The van der Waals surface area contributed by atoms with Gasteiger partial charge >= 0.3 is 0 Å². The van der Waals surface area contributed by atoms with E-state index in [1.165, 1.54) is 14.2 Å². The zero-order chi connectivity index (χ0) is 13.8. The van der Waals surface area contributed by atoms with Crippen LogP contribution >= 0.6 is 15.9 Å². The lowest BCUT2D eigenvalue weighted by atomic mass is 10.3. The minimum Gasteiger partial charge on any atom is -0.493 e. The highest BCUT2D eigenvalue weighted by atomic mass is 79.9. The smallest absolute Gasteiger partial charge is 0.232 e. The number of ether oxygens (including phenoxy) is 2. The van der Waals surface area contributed by atoms with E-state index in [1.807, 2.05) is 0 Å². The van der Waals surface area contributed by atoms with Gasteiger partial charge in [-0.05, 0) is 18.6 Å². The number of halogens is 1. The molecule has 0 aliphatic carbocycles. The molecule has 1 rings (SSSR count). The Balaban J connectivity index is 3.19. The number of anilines is 1. The number of hydrogen-bond acceptors (Lipinski definition) is 4. The summed E-state index contributed by atoms with van der Waals surface area (Å²) in [5.74, 6) is 0.881. The van der Waals surface area contributed by atoms with Gasteiger partial charge in [0.2, 0.25) is 10.0 Å². The van der Waals surface area contributed by atoms with Crippen LogP contribution in [-0.2, 0) is 10.0 Å². The molecule has 1 aromatic carbocycles. The normalized spacial score (nSPS) is 11.1. The molecule has 0 heterocycles. The van der Waals surface area contributed by atoms with Crippen molar-refractivity contribution in [3.8, 4) is 11.5 Å². The summed E-state index contributed by atoms with van der Waals surface area (Å²) >= 11 is 3.29. The standard InChI is InChI=1S/C11H16BrNO4S/c1-4-5-18(14,15)13-9-6-8(12)7-10(16-2)11(9)17-3/h6-7,13H,4-5H2,1-3H3. The summed E-state index contributed by atoms with van der Waals surface area (Å²) in [5.41, 5.74) is 0.358. The Morgan fingerprint density at radius 3 is 2.44 bits per heavy atom. The Morgan fingerprint density at radius 2 is 1.94 bits per heavy atom. The van der Waals surface area contributed by atoms with Crippen LogP contribution in [0.25, 0.3) is 0 Å². The highest BCUT2D eigenvalue weighted by molar-refractivity contribution is 9.10. The average Bonchev–Trinajstić information content (AvgIpc) is 2.27. The Kier molecular flexibility index (Phi) is 5.28. The van der Waals surface area contributed by atoms with E-state index in [-0.39, 0.29) is 5.75 Å². The number of methoxy groups -OCH3 is 2. The van der Waals surface area contributed by atoms with Gasteiger partial charge in [0.1, 0.15) is 0 Å². The molecule has 0 atom stereocenters. The van der Waals surface area contributed by atoms with Crippen LogP contribution in [0.1, 0.15) is 13.3 Å². The molecule has 0 amide bonds. The molecule has 102 valence electrons. The molecule has 0 aliphatic heterocycles. The number of benzene rings is 1. The fourth-order valence-corrected chi connectivity index (χ4v) is 3.06. The van der Waals surface area contributed by atoms with Crippen molar-refractivity contribution in [1.82, 2.24) is 0 Å². The summed E-state index contributed by atoms with van der Waals surface area (Å²) in [4.78, 5) is 0. The van der Waals surface area contributed by atoms with Crippen LogP contribution in [0.5, 0.6) is 11.5 Å². The van der Waals surface area contributed by atoms with Gasteiger partial charge in [-0.2, -0.15) is 0 Å². The lowest BCUT2D eigenvalue weighted by Gasteiger charge is -2.15. The van der Waals surface area contributed by atoms with E-state index in [4.69, 9.17) is 9.47 Å². The first-order chi connectivity index (χ1) is 8.43. The van der Waals surface area contributed by atoms with Gasteiger partial charge in [-0.3, -0.25) is 4.72 Å². The van der Waals surface area contributed by atoms with E-state index < -0.39 is 10.0 Å². The second-order valence-electron chi connectivity index (χ2n) is 3.61. The van der Waals surface area contributed by atoms with Crippen LogP contribution in [-0.4, -0.2) is 28.4 Å². The third-order valence-corrected chi connectivity index (χ3v) is 4.12. The van der Waals surface area contributed by atoms with Crippen LogP contribution in [0.3, 0.4) is 0 Å². The van der Waals surface area contributed by atoms with Gasteiger partial charge in [0.05, 0.1) is 25.7 Å². The fourth-order valence-electron chi connectivity index (χ4n) is 1.49. The minimum absolute atomic E-state index is 0.0605. The summed E-state index contributed by atoms with van der Waals surface area (Å²) in [6, 6.07) is 3.34. The van der Waals surface area contributed by atoms with Crippen molar-refractivity contribution >= 4 is 31.6 Å². The van der Waals surface area contributed by atoms with E-state index >= 15 is 0 Å². The van der Waals surface area contributed by atoms with Gasteiger partial charge in [-0.15, -0.1) is 0 Å². The molecule has 1 N–H and O–H groups in total. The summed E-state index contributed by atoms with van der Waals surface area (Å²) < 4.78 is 37.0. The number of rotatable bonds is 6. The first kappa shape index (κ1) is 15.1. The fraction of sp³-hybridized carbons (Fsp3) is 0.455. The zero-order valence-electron chi connectivity index (χ0n) is 10.5. The highest BCUT2D eigenvalue weighted by Gasteiger charge is 2.16. The van der Waals surface area contributed by atoms with Gasteiger partial charge in [-0.1, -0.05) is 22.9 Å². The maximum atomic E-state index is 11.8. The Morgan fingerprint density at radius 1 is 1.28 bits per heavy atom. The Bertz CT molecular complexity index is 516. The van der Waals surface area contributed by atoms with Crippen molar-refractivity contribution in [3.63, 3.8) is 0 Å². The molecular formula is C11H16BrNO4S. The number of hydrogen-bond donors (Lipinski definition) is 1. The molecule has 7 heteroatoms. The second kappa shape index (κ2) is 6.29. The molecule has 0 radical (unpaired) electrons. The van der Waals surface area contributed by atoms with Crippen LogP contribution in [0.15, 0.2) is 16.6 Å². The van der Waals surface area contributed by atoms with Crippen molar-refractivity contribution < 1.29 is 17.9 Å². The highest BCUT2D eigenvalue weighted by Crippen LogP contribution is 2.38. The second-order valence-corrected chi connectivity index (χ2v) is 6.37. The molecule has 0 saturated carbocycles. The molecule has 5 nitrogen and oxygen atoms in total. The first-order valence-corrected chi connectivity index (χ1v) is 7.80. The van der Waals surface area contributed by atoms with E-state index in [9.17, 15) is 8.42 Å². The molecule has 0 aromatic heterocycles. The summed E-state index contributed by atoms with van der Waals surface area (Å²) in [6.07, 6.45) is 0.544. The summed E-state index contributed by atoms with van der Waals surface area (Å²) in [5, 5.41) is 0. The monoisotopic (exact) mass is 337 g/mol. The van der Waals surface area contributed by atoms with Crippen molar-refractivity contribution in [2.75, 3.05) is 24.7 Å². The third kappa shape index (κ3) is 3.78. The summed E-state index contributed by atoms with van der Waals surface area (Å²) in [6.45, 7) is 1.80. The van der Waals surface area contributed by atoms with Crippen molar-refractivity contribution in [3.05, 3.63) is 16.6 Å². The minimum atomic E-state index is -3.37. The molecule has 0 aliphatic rings. The zero-order valence-corrected chi connectivity index (χ0v) is 12.9. The third-order valence-electron chi connectivity index (χ3n) is 2.18. The summed E-state index contributed by atoms with van der Waals surface area (Å²) in [7, 11) is -0.409. The van der Waals surface area contributed by atoms with E-state index in [0.717, 1.165) is 0 Å². The molecule has 0 fully saturated rings. The van der Waals surface area contributed by atoms with Crippen LogP contribution < -0.4 is 14.2 Å². The molecule has 0 spiro atoms. The molecule has 1 aromatic rings. The molecule has 0 saturated heterocycles. The van der Waals surface area contributed by atoms with E-state index in [1.54, 1.807) is 19.1 Å². The van der Waals surface area contributed by atoms with Crippen LogP contribution in [0.2, 0.25) is 0 Å². The lowest BCUT2D eigenvalue weighted by Crippen LogP contribution is -2.16. The maximum Gasteiger partial charge on any atom is 0.232 e.